The predicted octanol–water partition coefficient (Wildman–Crippen LogP) is 0.977. The van der Waals surface area contributed by atoms with Crippen molar-refractivity contribution in [1.29, 1.82) is 0 Å². The number of rotatable bonds is 8. The summed E-state index contributed by atoms with van der Waals surface area (Å²) in [6, 6.07) is 6.29. The molecule has 2 aliphatic heterocycles. The fourth-order valence-electron chi connectivity index (χ4n) is 3.96. The molecule has 3 rings (SSSR count). The van der Waals surface area contributed by atoms with E-state index in [0.29, 0.717) is 43.4 Å². The summed E-state index contributed by atoms with van der Waals surface area (Å²) in [4.78, 5) is 14.8. The Morgan fingerprint density at radius 1 is 1.30 bits per heavy atom. The standard InChI is InChI=1S/C20H30N2O5/c1-25-18-5-3-14(9-19(18)26-2)4-6-20(24)21-15-10-16-13-27-17(7-8-23)12-22(16)11-15/h3,5,9,15-17,23H,4,6-8,10-13H2,1-2H3,(H,21,24)/t15-,16+,17+/m1/s1. The third kappa shape index (κ3) is 5.12. The molecule has 27 heavy (non-hydrogen) atoms. The molecule has 3 atom stereocenters. The zero-order chi connectivity index (χ0) is 19.2. The van der Waals surface area contributed by atoms with Crippen molar-refractivity contribution in [2.75, 3.05) is 40.5 Å². The van der Waals surface area contributed by atoms with Crippen LogP contribution in [0.3, 0.4) is 0 Å². The first kappa shape index (κ1) is 19.9. The van der Waals surface area contributed by atoms with E-state index in [0.717, 1.165) is 25.1 Å². The van der Waals surface area contributed by atoms with Gasteiger partial charge in [0.1, 0.15) is 0 Å². The number of nitrogens with zero attached hydrogens (tertiary/aromatic N) is 1. The van der Waals surface area contributed by atoms with Gasteiger partial charge in [-0.3, -0.25) is 9.69 Å². The highest BCUT2D eigenvalue weighted by molar-refractivity contribution is 5.76. The number of carbonyl (C=O) groups is 1. The van der Waals surface area contributed by atoms with Gasteiger partial charge in [-0.05, 0) is 37.0 Å². The summed E-state index contributed by atoms with van der Waals surface area (Å²) in [7, 11) is 3.22. The Bertz CT molecular complexity index is 639. The second-order valence-corrected chi connectivity index (χ2v) is 7.26. The number of ether oxygens (including phenoxy) is 3. The Morgan fingerprint density at radius 2 is 2.11 bits per heavy atom. The molecular formula is C20H30N2O5. The number of aliphatic hydroxyl groups excluding tert-OH is 1. The summed E-state index contributed by atoms with van der Waals surface area (Å²) < 4.78 is 16.3. The molecule has 1 aromatic rings. The lowest BCUT2D eigenvalue weighted by Gasteiger charge is -2.34. The molecule has 7 heteroatoms. The number of benzene rings is 1. The van der Waals surface area contributed by atoms with E-state index < -0.39 is 0 Å². The summed E-state index contributed by atoms with van der Waals surface area (Å²) >= 11 is 0. The number of morpholine rings is 1. The lowest BCUT2D eigenvalue weighted by atomic mass is 10.1. The van der Waals surface area contributed by atoms with Gasteiger partial charge in [0.15, 0.2) is 11.5 Å². The number of carbonyl (C=O) groups excluding carboxylic acids is 1. The second-order valence-electron chi connectivity index (χ2n) is 7.26. The molecule has 1 aromatic carbocycles. The maximum absolute atomic E-state index is 12.4. The quantitative estimate of drug-likeness (QED) is 0.702. The van der Waals surface area contributed by atoms with Crippen molar-refractivity contribution in [2.24, 2.45) is 0 Å². The van der Waals surface area contributed by atoms with Crippen LogP contribution in [0.1, 0.15) is 24.8 Å². The number of fused-ring (bicyclic) bond motifs is 1. The van der Waals surface area contributed by atoms with Crippen LogP contribution in [0.15, 0.2) is 18.2 Å². The van der Waals surface area contributed by atoms with Gasteiger partial charge in [0, 0.05) is 38.2 Å². The van der Waals surface area contributed by atoms with Crippen molar-refractivity contribution >= 4 is 5.91 Å². The van der Waals surface area contributed by atoms with E-state index in [1.807, 2.05) is 18.2 Å². The Kier molecular flexibility index (Phi) is 6.93. The highest BCUT2D eigenvalue weighted by Gasteiger charge is 2.37. The normalized spacial score (nSPS) is 25.1. The smallest absolute Gasteiger partial charge is 0.220 e. The van der Waals surface area contributed by atoms with Crippen molar-refractivity contribution in [3.63, 3.8) is 0 Å². The summed E-state index contributed by atoms with van der Waals surface area (Å²) in [5, 5.41) is 12.2. The van der Waals surface area contributed by atoms with E-state index in [1.165, 1.54) is 0 Å². The van der Waals surface area contributed by atoms with Crippen LogP contribution in [0.5, 0.6) is 11.5 Å². The van der Waals surface area contributed by atoms with Gasteiger partial charge in [-0.25, -0.2) is 0 Å². The third-order valence-corrected chi connectivity index (χ3v) is 5.40. The number of methoxy groups -OCH3 is 2. The number of nitrogens with one attached hydrogen (secondary N) is 1. The SMILES string of the molecule is COc1ccc(CCC(=O)N[C@@H]2C[C@H]3CO[C@@H](CCO)CN3C2)cc1OC. The average molecular weight is 378 g/mol. The van der Waals surface area contributed by atoms with Gasteiger partial charge in [-0.2, -0.15) is 0 Å². The summed E-state index contributed by atoms with van der Waals surface area (Å²) in [5.41, 5.74) is 1.05. The van der Waals surface area contributed by atoms with Crippen molar-refractivity contribution in [3.8, 4) is 11.5 Å². The minimum absolute atomic E-state index is 0.0717. The minimum Gasteiger partial charge on any atom is -0.493 e. The average Bonchev–Trinajstić information content (AvgIpc) is 3.07. The van der Waals surface area contributed by atoms with Gasteiger partial charge in [-0.15, -0.1) is 0 Å². The first-order valence-corrected chi connectivity index (χ1v) is 9.59. The van der Waals surface area contributed by atoms with E-state index in [4.69, 9.17) is 19.3 Å². The van der Waals surface area contributed by atoms with Crippen molar-refractivity contribution in [3.05, 3.63) is 23.8 Å². The molecule has 0 radical (unpaired) electrons. The van der Waals surface area contributed by atoms with Crippen LogP contribution in [0.2, 0.25) is 0 Å². The van der Waals surface area contributed by atoms with E-state index >= 15 is 0 Å². The lowest BCUT2D eigenvalue weighted by Crippen LogP contribution is -2.46. The van der Waals surface area contributed by atoms with E-state index in [2.05, 4.69) is 10.2 Å². The van der Waals surface area contributed by atoms with Crippen molar-refractivity contribution in [2.45, 2.75) is 43.9 Å². The summed E-state index contributed by atoms with van der Waals surface area (Å²) in [6.07, 6.45) is 2.80. The van der Waals surface area contributed by atoms with Crippen LogP contribution in [-0.4, -0.2) is 74.6 Å². The Morgan fingerprint density at radius 3 is 2.85 bits per heavy atom. The molecule has 0 saturated carbocycles. The van der Waals surface area contributed by atoms with E-state index in [9.17, 15) is 4.79 Å². The minimum atomic E-state index is 0.0717. The predicted molar refractivity (Wildman–Crippen MR) is 101 cm³/mol. The molecule has 0 bridgehead atoms. The summed E-state index contributed by atoms with van der Waals surface area (Å²) in [5.74, 6) is 1.44. The topological polar surface area (TPSA) is 80.3 Å². The monoisotopic (exact) mass is 378 g/mol. The van der Waals surface area contributed by atoms with Gasteiger partial charge in [0.2, 0.25) is 5.91 Å². The second kappa shape index (κ2) is 9.39. The number of aryl methyl sites for hydroxylation is 1. The first-order chi connectivity index (χ1) is 13.1. The molecule has 2 heterocycles. The molecule has 7 nitrogen and oxygen atoms in total. The van der Waals surface area contributed by atoms with Crippen LogP contribution in [-0.2, 0) is 16.0 Å². The number of amides is 1. The Balaban J connectivity index is 1.45. The number of aliphatic hydroxyl groups is 1. The van der Waals surface area contributed by atoms with Gasteiger partial charge in [-0.1, -0.05) is 6.07 Å². The van der Waals surface area contributed by atoms with Gasteiger partial charge >= 0.3 is 0 Å². The van der Waals surface area contributed by atoms with Crippen molar-refractivity contribution in [1.82, 2.24) is 10.2 Å². The maximum atomic E-state index is 12.4. The third-order valence-electron chi connectivity index (χ3n) is 5.40. The number of hydrogen-bond donors (Lipinski definition) is 2. The molecule has 2 aliphatic rings. The van der Waals surface area contributed by atoms with Crippen LogP contribution >= 0.6 is 0 Å². The molecule has 0 unspecified atom stereocenters. The van der Waals surface area contributed by atoms with Crippen LogP contribution in [0.25, 0.3) is 0 Å². The molecule has 0 spiro atoms. The first-order valence-electron chi connectivity index (χ1n) is 9.59. The molecule has 2 N–H and O–H groups in total. The van der Waals surface area contributed by atoms with Crippen LogP contribution < -0.4 is 14.8 Å². The highest BCUT2D eigenvalue weighted by atomic mass is 16.5. The van der Waals surface area contributed by atoms with Crippen LogP contribution in [0, 0.1) is 0 Å². The van der Waals surface area contributed by atoms with Crippen LogP contribution in [0.4, 0.5) is 0 Å². The number of hydrogen-bond acceptors (Lipinski definition) is 6. The molecule has 150 valence electrons. The maximum Gasteiger partial charge on any atom is 0.220 e. The van der Waals surface area contributed by atoms with Crippen molar-refractivity contribution < 1.29 is 24.1 Å². The lowest BCUT2D eigenvalue weighted by molar-refractivity contribution is -0.121. The van der Waals surface area contributed by atoms with Gasteiger partial charge < -0.3 is 24.6 Å². The fraction of sp³-hybridized carbons (Fsp3) is 0.650. The summed E-state index contributed by atoms with van der Waals surface area (Å²) in [6.45, 7) is 2.53. The van der Waals surface area contributed by atoms with E-state index in [-0.39, 0.29) is 24.7 Å². The Labute approximate surface area is 160 Å². The fourth-order valence-corrected chi connectivity index (χ4v) is 3.96. The van der Waals surface area contributed by atoms with Gasteiger partial charge in [0.25, 0.3) is 0 Å². The van der Waals surface area contributed by atoms with Gasteiger partial charge in [0.05, 0.1) is 26.9 Å². The molecule has 2 saturated heterocycles. The highest BCUT2D eigenvalue weighted by Crippen LogP contribution is 2.28. The Hall–Kier alpha value is -1.83. The molecule has 0 aliphatic carbocycles. The molecule has 2 fully saturated rings. The zero-order valence-corrected chi connectivity index (χ0v) is 16.1. The zero-order valence-electron chi connectivity index (χ0n) is 16.1. The molecule has 1 amide bonds. The van der Waals surface area contributed by atoms with E-state index in [1.54, 1.807) is 14.2 Å². The molecule has 0 aromatic heterocycles. The largest absolute Gasteiger partial charge is 0.493 e. The molecular weight excluding hydrogens is 348 g/mol.